The largest absolute Gasteiger partial charge is 0.487 e. The van der Waals surface area contributed by atoms with E-state index >= 15 is 0 Å². The van der Waals surface area contributed by atoms with Crippen molar-refractivity contribution in [3.05, 3.63) is 53.1 Å². The maximum absolute atomic E-state index is 12.2. The Balaban J connectivity index is 1.13. The van der Waals surface area contributed by atoms with Crippen LogP contribution in [0.2, 0.25) is 0 Å². The van der Waals surface area contributed by atoms with Crippen LogP contribution in [0.5, 0.6) is 5.75 Å². The summed E-state index contributed by atoms with van der Waals surface area (Å²) in [5.74, 6) is 1.75. The molecule has 0 radical (unpaired) electrons. The molecule has 4 aliphatic rings. The molecule has 5 nitrogen and oxygen atoms in total. The molecule has 6 rings (SSSR count). The molecular formula is C26H31N3O2. The first-order valence-corrected chi connectivity index (χ1v) is 11.7. The highest BCUT2D eigenvalue weighted by Gasteiger charge is 2.45. The number of carbonyl (C=O) groups excluding carboxylic acids is 1. The number of aryl methyl sites for hydroxylation is 1. The minimum atomic E-state index is -0.0825. The monoisotopic (exact) mass is 417 g/mol. The lowest BCUT2D eigenvalue weighted by atomic mass is 9.89. The summed E-state index contributed by atoms with van der Waals surface area (Å²) in [6, 6.07) is 13.5. The number of ether oxygens (including phenoxy) is 1. The van der Waals surface area contributed by atoms with E-state index in [-0.39, 0.29) is 11.5 Å². The Morgan fingerprint density at radius 1 is 1.19 bits per heavy atom. The van der Waals surface area contributed by atoms with Crippen LogP contribution in [-0.2, 0) is 17.6 Å². The van der Waals surface area contributed by atoms with Gasteiger partial charge in [0.1, 0.15) is 11.4 Å². The van der Waals surface area contributed by atoms with E-state index in [1.54, 1.807) is 0 Å². The molecule has 0 bridgehead atoms. The van der Waals surface area contributed by atoms with Crippen molar-refractivity contribution >= 4 is 17.3 Å². The predicted molar refractivity (Wildman–Crippen MR) is 123 cm³/mol. The quantitative estimate of drug-likeness (QED) is 0.818. The minimum absolute atomic E-state index is 0.0825. The van der Waals surface area contributed by atoms with Gasteiger partial charge in [0.2, 0.25) is 5.91 Å². The van der Waals surface area contributed by atoms with Gasteiger partial charge in [0, 0.05) is 31.5 Å². The first kappa shape index (κ1) is 19.2. The van der Waals surface area contributed by atoms with Crippen molar-refractivity contribution in [3.63, 3.8) is 0 Å². The fraction of sp³-hybridized carbons (Fsp3) is 0.500. The highest BCUT2D eigenvalue weighted by Crippen LogP contribution is 2.49. The number of rotatable bonds is 4. The number of carbonyl (C=O) groups is 1. The number of hydrogen-bond donors (Lipinski definition) is 1. The second-order valence-corrected chi connectivity index (χ2v) is 10.2. The lowest BCUT2D eigenvalue weighted by Crippen LogP contribution is -2.49. The van der Waals surface area contributed by atoms with Crippen LogP contribution in [0.4, 0.5) is 11.4 Å². The zero-order valence-electron chi connectivity index (χ0n) is 18.5. The molecule has 0 unspecified atom stereocenters. The number of benzene rings is 2. The Morgan fingerprint density at radius 2 is 2.06 bits per heavy atom. The average molecular weight is 418 g/mol. The summed E-state index contributed by atoms with van der Waals surface area (Å²) in [6.45, 7) is 8.16. The number of nitrogens with one attached hydrogen (secondary N) is 1. The van der Waals surface area contributed by atoms with Crippen molar-refractivity contribution in [2.75, 3.05) is 36.4 Å². The Bertz CT molecular complexity index is 1050. The minimum Gasteiger partial charge on any atom is -0.487 e. The van der Waals surface area contributed by atoms with Crippen LogP contribution in [0.25, 0.3) is 0 Å². The fourth-order valence-electron chi connectivity index (χ4n) is 6.25. The molecule has 0 spiro atoms. The average Bonchev–Trinajstić information content (AvgIpc) is 3.23. The van der Waals surface area contributed by atoms with Gasteiger partial charge in [-0.25, -0.2) is 0 Å². The lowest BCUT2D eigenvalue weighted by molar-refractivity contribution is -0.115. The summed E-state index contributed by atoms with van der Waals surface area (Å²) < 4.78 is 6.26. The van der Waals surface area contributed by atoms with E-state index in [9.17, 15) is 4.79 Å². The Kier molecular flexibility index (Phi) is 4.32. The van der Waals surface area contributed by atoms with Gasteiger partial charge in [0.05, 0.1) is 17.9 Å². The first-order valence-electron chi connectivity index (χ1n) is 11.7. The fourth-order valence-corrected chi connectivity index (χ4v) is 6.25. The van der Waals surface area contributed by atoms with Gasteiger partial charge < -0.3 is 19.9 Å². The van der Waals surface area contributed by atoms with Crippen molar-refractivity contribution in [2.24, 2.45) is 0 Å². The highest BCUT2D eigenvalue weighted by molar-refractivity contribution is 6.03. The number of nitrogens with zero attached hydrogens (tertiary/aromatic N) is 2. The molecule has 4 aliphatic heterocycles. The molecule has 0 aliphatic carbocycles. The van der Waals surface area contributed by atoms with E-state index in [1.165, 1.54) is 22.4 Å². The van der Waals surface area contributed by atoms with E-state index < -0.39 is 0 Å². The third-order valence-corrected chi connectivity index (χ3v) is 7.50. The standard InChI is InChI=1S/C26H31N3O2/c1-26(2)14-18-7-3-6-17(25(18)31-26)8-5-12-28-13-11-22-20(15-28)19-9-4-10-21-24(19)29(22)16-23(30)27-21/h3-4,6-7,9-10,20,22H,5,8,11-16H2,1-2H3,(H,27,30)/t20-,22-/m0/s1. The number of likely N-dealkylation sites (tertiary alicyclic amines) is 1. The van der Waals surface area contributed by atoms with Crippen molar-refractivity contribution < 1.29 is 9.53 Å². The zero-order chi connectivity index (χ0) is 21.2. The summed E-state index contributed by atoms with van der Waals surface area (Å²) in [5, 5.41) is 3.06. The molecule has 31 heavy (non-hydrogen) atoms. The number of anilines is 2. The SMILES string of the molecule is CC1(C)Cc2cccc(CCCN3CC[C@H]4[C@@H](C3)c3cccc5c3N4CC(=O)N5)c2O1. The summed E-state index contributed by atoms with van der Waals surface area (Å²) in [4.78, 5) is 17.2. The Hall–Kier alpha value is -2.53. The van der Waals surface area contributed by atoms with E-state index in [0.29, 0.717) is 18.5 Å². The van der Waals surface area contributed by atoms with Crippen LogP contribution in [0, 0.1) is 0 Å². The molecule has 162 valence electrons. The molecule has 2 aromatic rings. The summed E-state index contributed by atoms with van der Waals surface area (Å²) in [6.07, 6.45) is 4.34. The van der Waals surface area contributed by atoms with Crippen molar-refractivity contribution in [2.45, 2.75) is 57.1 Å². The second kappa shape index (κ2) is 6.99. The lowest BCUT2D eigenvalue weighted by Gasteiger charge is -2.39. The molecule has 1 amide bonds. The zero-order valence-corrected chi connectivity index (χ0v) is 18.5. The first-order chi connectivity index (χ1) is 15.0. The molecule has 5 heteroatoms. The van der Waals surface area contributed by atoms with Crippen molar-refractivity contribution in [3.8, 4) is 5.75 Å². The molecule has 1 fully saturated rings. The molecule has 0 saturated carbocycles. The van der Waals surface area contributed by atoms with Gasteiger partial charge in [-0.1, -0.05) is 30.3 Å². The second-order valence-electron chi connectivity index (χ2n) is 10.2. The smallest absolute Gasteiger partial charge is 0.243 e. The van der Waals surface area contributed by atoms with E-state index in [0.717, 1.165) is 56.8 Å². The topological polar surface area (TPSA) is 44.8 Å². The number of piperidine rings is 1. The van der Waals surface area contributed by atoms with Crippen molar-refractivity contribution in [1.29, 1.82) is 0 Å². The van der Waals surface area contributed by atoms with E-state index in [4.69, 9.17) is 4.74 Å². The maximum atomic E-state index is 12.2. The van der Waals surface area contributed by atoms with Crippen molar-refractivity contribution in [1.82, 2.24) is 4.90 Å². The van der Waals surface area contributed by atoms with Crippen LogP contribution < -0.4 is 15.0 Å². The molecule has 1 N–H and O–H groups in total. The van der Waals surface area contributed by atoms with E-state index in [2.05, 4.69) is 59.3 Å². The van der Waals surface area contributed by atoms with Gasteiger partial charge in [-0.2, -0.15) is 0 Å². The highest BCUT2D eigenvalue weighted by atomic mass is 16.5. The van der Waals surface area contributed by atoms with Gasteiger partial charge in [-0.15, -0.1) is 0 Å². The van der Waals surface area contributed by atoms with Gasteiger partial charge in [-0.3, -0.25) is 4.79 Å². The molecule has 4 heterocycles. The van der Waals surface area contributed by atoms with Crippen LogP contribution >= 0.6 is 0 Å². The third kappa shape index (κ3) is 3.21. The third-order valence-electron chi connectivity index (χ3n) is 7.50. The van der Waals surface area contributed by atoms with Gasteiger partial charge in [-0.05, 0) is 62.4 Å². The normalized spacial score (nSPS) is 25.5. The molecule has 2 aromatic carbocycles. The maximum Gasteiger partial charge on any atom is 0.243 e. The molecule has 0 aromatic heterocycles. The number of fused-ring (bicyclic) bond motifs is 4. The summed E-state index contributed by atoms with van der Waals surface area (Å²) in [5.41, 5.74) is 6.32. The van der Waals surface area contributed by atoms with Gasteiger partial charge >= 0.3 is 0 Å². The number of hydrogen-bond acceptors (Lipinski definition) is 4. The molecule has 2 atom stereocenters. The van der Waals surface area contributed by atoms with E-state index in [1.807, 2.05) is 6.07 Å². The van der Waals surface area contributed by atoms with Crippen LogP contribution in [0.3, 0.4) is 0 Å². The molecular weight excluding hydrogens is 386 g/mol. The Labute approximate surface area is 184 Å². The number of para-hydroxylation sites is 2. The van der Waals surface area contributed by atoms with Gasteiger partial charge in [0.15, 0.2) is 0 Å². The Morgan fingerprint density at radius 3 is 2.97 bits per heavy atom. The van der Waals surface area contributed by atoms with Crippen LogP contribution in [-0.4, -0.2) is 48.6 Å². The molecule has 1 saturated heterocycles. The number of amides is 1. The van der Waals surface area contributed by atoms with Gasteiger partial charge in [0.25, 0.3) is 0 Å². The summed E-state index contributed by atoms with van der Waals surface area (Å²) in [7, 11) is 0. The summed E-state index contributed by atoms with van der Waals surface area (Å²) >= 11 is 0. The predicted octanol–water partition coefficient (Wildman–Crippen LogP) is 3.96. The van der Waals surface area contributed by atoms with Crippen LogP contribution in [0.15, 0.2) is 36.4 Å². The van der Waals surface area contributed by atoms with Crippen LogP contribution in [0.1, 0.15) is 49.3 Å².